The third-order valence-corrected chi connectivity index (χ3v) is 12.4. The molecule has 1 aliphatic carbocycles. The van der Waals surface area contributed by atoms with Crippen LogP contribution in [-0.2, 0) is 20.3 Å². The zero-order valence-electron chi connectivity index (χ0n) is 31.4. The predicted molar refractivity (Wildman–Crippen MR) is 209 cm³/mol. The number of fused-ring (bicyclic) bond motifs is 1. The molecule has 2 atom stereocenters. The van der Waals surface area contributed by atoms with Crippen LogP contribution < -0.4 is 16.0 Å². The number of rotatable bonds is 8. The number of nitrogens with zero attached hydrogens (tertiary/aromatic N) is 6. The van der Waals surface area contributed by atoms with Gasteiger partial charge in [-0.05, 0) is 107 Å². The van der Waals surface area contributed by atoms with Gasteiger partial charge < -0.3 is 20.7 Å². The summed E-state index contributed by atoms with van der Waals surface area (Å²) in [5.74, 6) is 1.09. The van der Waals surface area contributed by atoms with Gasteiger partial charge >= 0.3 is 6.09 Å². The summed E-state index contributed by atoms with van der Waals surface area (Å²) >= 11 is 0. The molecule has 1 saturated heterocycles. The molecule has 4 heterocycles. The Balaban J connectivity index is 1.26. The van der Waals surface area contributed by atoms with E-state index in [4.69, 9.17) is 20.4 Å². The van der Waals surface area contributed by atoms with Crippen molar-refractivity contribution in [2.24, 2.45) is 5.92 Å². The molecule has 1 aliphatic heterocycles. The maximum absolute atomic E-state index is 12.8. The van der Waals surface area contributed by atoms with Crippen molar-refractivity contribution < 1.29 is 17.9 Å². The number of sulfonamides is 1. The Morgan fingerprint density at radius 1 is 1.02 bits per heavy atom. The largest absolute Gasteiger partial charge is 0.444 e. The Kier molecular flexibility index (Phi) is 9.01. The number of pyridine rings is 2. The van der Waals surface area contributed by atoms with E-state index in [1.807, 2.05) is 92.9 Å². The average molecular weight is 737 g/mol. The minimum absolute atomic E-state index is 0.117. The third-order valence-electron chi connectivity index (χ3n) is 11.0. The van der Waals surface area contributed by atoms with Gasteiger partial charge in [0.05, 0.1) is 28.6 Å². The first-order valence-corrected chi connectivity index (χ1v) is 19.8. The van der Waals surface area contributed by atoms with E-state index in [1.165, 1.54) is 10.6 Å². The van der Waals surface area contributed by atoms with Crippen LogP contribution in [0.2, 0.25) is 0 Å². The van der Waals surface area contributed by atoms with Crippen LogP contribution in [0.5, 0.6) is 0 Å². The lowest BCUT2D eigenvalue weighted by atomic mass is 9.72. The molecule has 2 fully saturated rings. The molecule has 0 spiro atoms. The van der Waals surface area contributed by atoms with Crippen molar-refractivity contribution in [2.45, 2.75) is 70.6 Å². The standard InChI is InChI=1S/C40H48N8O4S/c1-26-24-47(25-39(26,5)46(6)53(7,50)51)30-12-8-11-27(23-30)32-18-19-33-36(43-32)48(35(44-33)31-13-9-22-42-34(31)41)29-16-14-28(15-17-29)40(20-10-21-40)45-37(49)52-38(2,3)4/h8-9,11-19,22-23,26H,10,20-21,24-25H2,1-7H3,(H2,41,42)(H,45,49)/t26?,39-/m0/s1. The number of nitrogens with two attached hydrogens (primary N) is 1. The molecule has 3 aromatic heterocycles. The van der Waals surface area contributed by atoms with Crippen molar-refractivity contribution in [3.8, 4) is 28.3 Å². The predicted octanol–water partition coefficient (Wildman–Crippen LogP) is 6.74. The fourth-order valence-corrected chi connectivity index (χ4v) is 8.57. The van der Waals surface area contributed by atoms with Crippen LogP contribution in [0.3, 0.4) is 0 Å². The first-order chi connectivity index (χ1) is 25.0. The van der Waals surface area contributed by atoms with E-state index in [-0.39, 0.29) is 5.92 Å². The Morgan fingerprint density at radius 3 is 2.40 bits per heavy atom. The quantitative estimate of drug-likeness (QED) is 0.177. The number of hydrogen-bond donors (Lipinski definition) is 2. The lowest BCUT2D eigenvalue weighted by Crippen LogP contribution is -2.52. The molecule has 53 heavy (non-hydrogen) atoms. The first kappa shape index (κ1) is 36.4. The highest BCUT2D eigenvalue weighted by molar-refractivity contribution is 7.88. The van der Waals surface area contributed by atoms with Crippen molar-refractivity contribution in [1.82, 2.24) is 29.1 Å². The minimum atomic E-state index is -3.37. The van der Waals surface area contributed by atoms with Crippen molar-refractivity contribution in [3.63, 3.8) is 0 Å². The highest BCUT2D eigenvalue weighted by Gasteiger charge is 2.46. The Labute approximate surface area is 311 Å². The van der Waals surface area contributed by atoms with Crippen LogP contribution in [0.1, 0.15) is 59.4 Å². The third kappa shape index (κ3) is 6.83. The minimum Gasteiger partial charge on any atom is -0.444 e. The summed E-state index contributed by atoms with van der Waals surface area (Å²) in [6.45, 7) is 11.0. The monoisotopic (exact) mass is 736 g/mol. The number of carbonyl (C=O) groups excluding carboxylic acids is 1. The summed E-state index contributed by atoms with van der Waals surface area (Å²) in [6.07, 6.45) is 5.15. The Hall–Kier alpha value is -5.01. The van der Waals surface area contributed by atoms with E-state index in [1.54, 1.807) is 13.2 Å². The lowest BCUT2D eigenvalue weighted by molar-refractivity contribution is 0.0377. The fourth-order valence-electron chi connectivity index (χ4n) is 7.58. The molecule has 13 heteroatoms. The number of aromatic nitrogens is 4. The Morgan fingerprint density at radius 2 is 1.75 bits per heavy atom. The van der Waals surface area contributed by atoms with E-state index in [0.717, 1.165) is 54.0 Å². The number of nitrogen functional groups attached to an aromatic ring is 1. The zero-order chi connectivity index (χ0) is 37.9. The van der Waals surface area contributed by atoms with E-state index in [2.05, 4.69) is 34.3 Å². The molecule has 2 aliphatic rings. The second-order valence-corrected chi connectivity index (χ2v) is 17.8. The lowest BCUT2D eigenvalue weighted by Gasteiger charge is -2.43. The molecule has 2 aromatic carbocycles. The summed E-state index contributed by atoms with van der Waals surface area (Å²) < 4.78 is 34.1. The normalized spacial score (nSPS) is 20.1. The SMILES string of the molecule is CC1CN(c2cccc(-c3ccc4nc(-c5cccnc5N)n(-c5ccc(C6(NC(=O)OC(C)(C)C)CCC6)cc5)c4n3)c2)C[C@]1(C)N(C)S(C)(=O)=O. The summed E-state index contributed by atoms with van der Waals surface area (Å²) in [5, 5.41) is 3.15. The second-order valence-electron chi connectivity index (χ2n) is 15.8. The number of hydrogen-bond acceptors (Lipinski definition) is 9. The number of ether oxygens (including phenoxy) is 1. The van der Waals surface area contributed by atoms with Crippen molar-refractivity contribution >= 4 is 38.8 Å². The van der Waals surface area contributed by atoms with Crippen LogP contribution >= 0.6 is 0 Å². The van der Waals surface area contributed by atoms with E-state index in [0.29, 0.717) is 34.9 Å². The van der Waals surface area contributed by atoms with Crippen LogP contribution in [-0.4, -0.2) is 75.9 Å². The number of imidazole rings is 1. The van der Waals surface area contributed by atoms with Gasteiger partial charge in [-0.2, -0.15) is 4.31 Å². The van der Waals surface area contributed by atoms with Crippen molar-refractivity contribution in [2.75, 3.05) is 37.0 Å². The summed E-state index contributed by atoms with van der Waals surface area (Å²) in [6, 6.07) is 24.0. The molecule has 12 nitrogen and oxygen atoms in total. The maximum Gasteiger partial charge on any atom is 0.408 e. The molecular weight excluding hydrogens is 689 g/mol. The van der Waals surface area contributed by atoms with Crippen molar-refractivity contribution in [1.29, 1.82) is 0 Å². The summed E-state index contributed by atoms with van der Waals surface area (Å²) in [5.41, 5.74) is 11.3. The number of likely N-dealkylation sites (N-methyl/N-ethyl adjacent to an activating group) is 1. The number of anilines is 2. The second kappa shape index (κ2) is 13.1. The molecule has 1 saturated carbocycles. The van der Waals surface area contributed by atoms with Gasteiger partial charge in [-0.15, -0.1) is 0 Å². The number of alkyl carbamates (subject to hydrolysis) is 1. The molecule has 1 amide bonds. The van der Waals surface area contributed by atoms with Crippen LogP contribution in [0.25, 0.3) is 39.5 Å². The van der Waals surface area contributed by atoms with Gasteiger partial charge in [0.1, 0.15) is 16.9 Å². The van der Waals surface area contributed by atoms with Gasteiger partial charge in [0.15, 0.2) is 11.5 Å². The first-order valence-electron chi connectivity index (χ1n) is 18.0. The summed E-state index contributed by atoms with van der Waals surface area (Å²) in [7, 11) is -1.70. The van der Waals surface area contributed by atoms with Crippen LogP contribution in [0.4, 0.5) is 16.3 Å². The van der Waals surface area contributed by atoms with Gasteiger partial charge in [0, 0.05) is 43.3 Å². The smallest absolute Gasteiger partial charge is 0.408 e. The topological polar surface area (TPSA) is 149 Å². The van der Waals surface area contributed by atoms with E-state index >= 15 is 0 Å². The summed E-state index contributed by atoms with van der Waals surface area (Å²) in [4.78, 5) is 29.6. The molecule has 3 N–H and O–H groups in total. The molecule has 5 aromatic rings. The fraction of sp³-hybridized carbons (Fsp3) is 0.400. The van der Waals surface area contributed by atoms with Gasteiger partial charge in [0.2, 0.25) is 10.0 Å². The highest BCUT2D eigenvalue weighted by Crippen LogP contribution is 2.42. The number of benzene rings is 2. The molecule has 0 radical (unpaired) electrons. The van der Waals surface area contributed by atoms with E-state index < -0.39 is 32.8 Å². The van der Waals surface area contributed by atoms with Crippen LogP contribution in [0, 0.1) is 5.92 Å². The Bertz CT molecular complexity index is 2300. The van der Waals surface area contributed by atoms with E-state index in [9.17, 15) is 13.2 Å². The zero-order valence-corrected chi connectivity index (χ0v) is 32.2. The molecule has 1 unspecified atom stereocenters. The number of amides is 1. The number of carbonyl (C=O) groups is 1. The average Bonchev–Trinajstić information content (AvgIpc) is 3.62. The molecule has 7 rings (SSSR count). The number of nitrogens with one attached hydrogen (secondary N) is 1. The van der Waals surface area contributed by atoms with Gasteiger partial charge in [-0.25, -0.2) is 28.2 Å². The highest BCUT2D eigenvalue weighted by atomic mass is 32.2. The van der Waals surface area contributed by atoms with Crippen molar-refractivity contribution in [3.05, 3.63) is 84.6 Å². The van der Waals surface area contributed by atoms with Gasteiger partial charge in [0.25, 0.3) is 0 Å². The molecule has 278 valence electrons. The van der Waals surface area contributed by atoms with Gasteiger partial charge in [-0.3, -0.25) is 4.57 Å². The van der Waals surface area contributed by atoms with Gasteiger partial charge in [-0.1, -0.05) is 31.2 Å². The molecular formula is C40H48N8O4S. The molecule has 0 bridgehead atoms. The maximum atomic E-state index is 12.8. The van der Waals surface area contributed by atoms with Crippen LogP contribution in [0.15, 0.2) is 79.0 Å².